The van der Waals surface area contributed by atoms with E-state index in [1.54, 1.807) is 0 Å². The summed E-state index contributed by atoms with van der Waals surface area (Å²) in [5.74, 6) is -0.624. The largest absolute Gasteiger partial charge is 0.379 e. The Bertz CT molecular complexity index is 655. The Hall–Kier alpha value is -1.86. The second kappa shape index (κ2) is 7.14. The van der Waals surface area contributed by atoms with Crippen molar-refractivity contribution in [1.29, 1.82) is 0 Å². The van der Waals surface area contributed by atoms with Crippen LogP contribution in [0.2, 0.25) is 0 Å². The summed E-state index contributed by atoms with van der Waals surface area (Å²) in [4.78, 5) is 6.77. The summed E-state index contributed by atoms with van der Waals surface area (Å²) >= 11 is 0. The van der Waals surface area contributed by atoms with Gasteiger partial charge in [0.1, 0.15) is 5.82 Å². The van der Waals surface area contributed by atoms with E-state index in [1.807, 2.05) is 0 Å². The van der Waals surface area contributed by atoms with E-state index in [2.05, 4.69) is 27.0 Å². The molecule has 0 saturated carbocycles. The molecule has 1 aliphatic rings. The average Bonchev–Trinajstić information content (AvgIpc) is 3.05. The lowest BCUT2D eigenvalue weighted by molar-refractivity contribution is 0.0186. The van der Waals surface area contributed by atoms with Crippen molar-refractivity contribution in [2.75, 3.05) is 26.3 Å². The molecule has 1 aromatic heterocycles. The van der Waals surface area contributed by atoms with Gasteiger partial charge in [0.2, 0.25) is 0 Å². The number of rotatable bonds is 5. The third-order valence-corrected chi connectivity index (χ3v) is 4.18. The minimum Gasteiger partial charge on any atom is -0.379 e. The molecule has 2 aromatic rings. The topological polar surface area (TPSA) is 54.0 Å². The van der Waals surface area contributed by atoms with Crippen LogP contribution in [-0.2, 0) is 11.2 Å². The number of ether oxygens (including phenoxy) is 1. The molecule has 1 N–H and O–H groups in total. The molecule has 1 unspecified atom stereocenters. The van der Waals surface area contributed by atoms with E-state index in [0.717, 1.165) is 57.1 Å². The fraction of sp³-hybridized carbons (Fsp3) is 0.500. The minimum absolute atomic E-state index is 0.387. The first kappa shape index (κ1) is 16.0. The van der Waals surface area contributed by atoms with E-state index in [1.165, 1.54) is 6.07 Å². The van der Waals surface area contributed by atoms with Crippen LogP contribution in [0.4, 0.5) is 8.78 Å². The molecule has 1 aliphatic heterocycles. The fourth-order valence-electron chi connectivity index (χ4n) is 2.72. The molecule has 0 amide bonds. The summed E-state index contributed by atoms with van der Waals surface area (Å²) in [6.45, 7) is 5.67. The van der Waals surface area contributed by atoms with Gasteiger partial charge in [0, 0.05) is 31.1 Å². The Kier molecular flexibility index (Phi) is 4.97. The number of benzene rings is 1. The predicted molar refractivity (Wildman–Crippen MR) is 81.9 cm³/mol. The zero-order valence-electron chi connectivity index (χ0n) is 13.1. The first-order valence-electron chi connectivity index (χ1n) is 7.82. The zero-order chi connectivity index (χ0) is 16.2. The Morgan fingerprint density at radius 2 is 2.04 bits per heavy atom. The number of aromatic amines is 1. The number of nitrogens with zero attached hydrogens (tertiary/aromatic N) is 3. The molecule has 23 heavy (non-hydrogen) atoms. The maximum Gasteiger partial charge on any atom is 0.181 e. The van der Waals surface area contributed by atoms with Crippen LogP contribution in [0.25, 0.3) is 11.4 Å². The molecule has 0 aliphatic carbocycles. The van der Waals surface area contributed by atoms with Crippen molar-refractivity contribution in [2.24, 2.45) is 0 Å². The number of aryl methyl sites for hydroxylation is 1. The van der Waals surface area contributed by atoms with Gasteiger partial charge in [-0.05, 0) is 31.5 Å². The van der Waals surface area contributed by atoms with Crippen molar-refractivity contribution in [3.8, 4) is 11.4 Å². The lowest BCUT2D eigenvalue weighted by Crippen LogP contribution is -2.42. The number of halogens is 2. The van der Waals surface area contributed by atoms with Crippen LogP contribution in [0, 0.1) is 11.6 Å². The van der Waals surface area contributed by atoms with E-state index in [4.69, 9.17) is 4.74 Å². The van der Waals surface area contributed by atoms with Crippen molar-refractivity contribution in [2.45, 2.75) is 25.8 Å². The highest BCUT2D eigenvalue weighted by molar-refractivity contribution is 5.54. The smallest absolute Gasteiger partial charge is 0.181 e. The molecular formula is C16H20F2N4O. The van der Waals surface area contributed by atoms with Crippen molar-refractivity contribution in [3.63, 3.8) is 0 Å². The van der Waals surface area contributed by atoms with Crippen LogP contribution in [-0.4, -0.2) is 52.4 Å². The number of nitrogens with one attached hydrogen (secondary N) is 1. The maximum atomic E-state index is 13.3. The molecule has 0 spiro atoms. The van der Waals surface area contributed by atoms with Gasteiger partial charge in [-0.25, -0.2) is 13.8 Å². The van der Waals surface area contributed by atoms with Crippen LogP contribution in [0.1, 0.15) is 19.2 Å². The van der Waals surface area contributed by atoms with Crippen molar-refractivity contribution in [1.82, 2.24) is 20.1 Å². The molecule has 5 nitrogen and oxygen atoms in total. The van der Waals surface area contributed by atoms with Gasteiger partial charge in [0.05, 0.1) is 13.2 Å². The molecule has 1 aromatic carbocycles. The Labute approximate surface area is 133 Å². The Morgan fingerprint density at radius 3 is 2.78 bits per heavy atom. The zero-order valence-corrected chi connectivity index (χ0v) is 13.1. The van der Waals surface area contributed by atoms with E-state index < -0.39 is 11.6 Å². The normalized spacial score (nSPS) is 17.3. The Balaban J connectivity index is 1.59. The third kappa shape index (κ3) is 3.92. The molecule has 1 fully saturated rings. The quantitative estimate of drug-likeness (QED) is 0.918. The number of hydrogen-bond donors (Lipinski definition) is 1. The van der Waals surface area contributed by atoms with Crippen molar-refractivity contribution in [3.05, 3.63) is 35.7 Å². The van der Waals surface area contributed by atoms with Crippen LogP contribution in [0.15, 0.2) is 18.2 Å². The average molecular weight is 322 g/mol. The van der Waals surface area contributed by atoms with Gasteiger partial charge in [-0.2, -0.15) is 5.10 Å². The van der Waals surface area contributed by atoms with Crippen LogP contribution < -0.4 is 0 Å². The molecular weight excluding hydrogens is 302 g/mol. The molecule has 1 atom stereocenters. The van der Waals surface area contributed by atoms with Gasteiger partial charge in [-0.3, -0.25) is 10.00 Å². The number of morpholine rings is 1. The summed E-state index contributed by atoms with van der Waals surface area (Å²) in [6.07, 6.45) is 1.71. The number of H-pyrrole nitrogens is 1. The van der Waals surface area contributed by atoms with Gasteiger partial charge in [-0.15, -0.1) is 0 Å². The SMILES string of the molecule is CC(CCc1nc(-c2ccc(F)c(F)c2)n[nH]1)N1CCOCC1. The lowest BCUT2D eigenvalue weighted by Gasteiger charge is -2.32. The standard InChI is InChI=1S/C16H20F2N4O/c1-11(22-6-8-23-9-7-22)2-5-15-19-16(21-20-15)12-3-4-13(17)14(18)10-12/h3-4,10-11H,2,5-9H2,1H3,(H,19,20,21). The van der Waals surface area contributed by atoms with Gasteiger partial charge in [-0.1, -0.05) is 0 Å². The van der Waals surface area contributed by atoms with Gasteiger partial charge < -0.3 is 4.74 Å². The highest BCUT2D eigenvalue weighted by Gasteiger charge is 2.17. The lowest BCUT2D eigenvalue weighted by atomic mass is 10.1. The first-order valence-corrected chi connectivity index (χ1v) is 7.82. The second-order valence-corrected chi connectivity index (χ2v) is 5.77. The highest BCUT2D eigenvalue weighted by Crippen LogP contribution is 2.18. The van der Waals surface area contributed by atoms with Gasteiger partial charge in [0.15, 0.2) is 17.5 Å². The molecule has 124 valence electrons. The summed E-state index contributed by atoms with van der Waals surface area (Å²) in [6, 6.07) is 4.11. The molecule has 2 heterocycles. The van der Waals surface area contributed by atoms with Gasteiger partial charge >= 0.3 is 0 Å². The number of hydrogen-bond acceptors (Lipinski definition) is 4. The summed E-state index contributed by atoms with van der Waals surface area (Å²) in [5, 5.41) is 6.96. The fourth-order valence-corrected chi connectivity index (χ4v) is 2.72. The molecule has 1 saturated heterocycles. The predicted octanol–water partition coefficient (Wildman–Crippen LogP) is 2.40. The summed E-state index contributed by atoms with van der Waals surface area (Å²) in [5.41, 5.74) is 0.465. The van der Waals surface area contributed by atoms with Crippen LogP contribution in [0.5, 0.6) is 0 Å². The minimum atomic E-state index is -0.894. The third-order valence-electron chi connectivity index (χ3n) is 4.18. The maximum absolute atomic E-state index is 13.3. The molecule has 0 bridgehead atoms. The molecule has 3 rings (SSSR count). The first-order chi connectivity index (χ1) is 11.1. The van der Waals surface area contributed by atoms with Crippen molar-refractivity contribution < 1.29 is 13.5 Å². The molecule has 0 radical (unpaired) electrons. The van der Waals surface area contributed by atoms with Crippen molar-refractivity contribution >= 4 is 0 Å². The summed E-state index contributed by atoms with van der Waals surface area (Å²) < 4.78 is 31.6. The van der Waals surface area contributed by atoms with Gasteiger partial charge in [0.25, 0.3) is 0 Å². The Morgan fingerprint density at radius 1 is 1.26 bits per heavy atom. The van der Waals surface area contributed by atoms with E-state index in [9.17, 15) is 8.78 Å². The van der Waals surface area contributed by atoms with E-state index >= 15 is 0 Å². The summed E-state index contributed by atoms with van der Waals surface area (Å²) in [7, 11) is 0. The highest BCUT2D eigenvalue weighted by atomic mass is 19.2. The van der Waals surface area contributed by atoms with Crippen LogP contribution >= 0.6 is 0 Å². The van der Waals surface area contributed by atoms with E-state index in [-0.39, 0.29) is 0 Å². The van der Waals surface area contributed by atoms with Crippen LogP contribution in [0.3, 0.4) is 0 Å². The molecule has 7 heteroatoms. The second-order valence-electron chi connectivity index (χ2n) is 5.77. The van der Waals surface area contributed by atoms with E-state index in [0.29, 0.717) is 17.4 Å². The number of aromatic nitrogens is 3. The monoisotopic (exact) mass is 322 g/mol.